The highest BCUT2D eigenvalue weighted by molar-refractivity contribution is 5.81. The molecule has 0 bridgehead atoms. The van der Waals surface area contributed by atoms with Gasteiger partial charge in [-0.2, -0.15) is 15.0 Å². The third kappa shape index (κ3) is 2.88. The molecule has 2 aromatic carbocycles. The average molecular weight is 345 g/mol. The van der Waals surface area contributed by atoms with Gasteiger partial charge in [-0.3, -0.25) is 4.90 Å². The second-order valence-corrected chi connectivity index (χ2v) is 7.11. The first-order valence-corrected chi connectivity index (χ1v) is 9.46. The fourth-order valence-corrected chi connectivity index (χ4v) is 4.00. The molecule has 5 heteroatoms. The van der Waals surface area contributed by atoms with Gasteiger partial charge in [0, 0.05) is 30.8 Å². The first-order chi connectivity index (χ1) is 12.9. The van der Waals surface area contributed by atoms with E-state index in [-0.39, 0.29) is 0 Å². The molecule has 0 fully saturated rings. The van der Waals surface area contributed by atoms with E-state index >= 15 is 0 Å². The van der Waals surface area contributed by atoms with Crippen LogP contribution in [0, 0.1) is 0 Å². The van der Waals surface area contributed by atoms with Crippen LogP contribution in [0.2, 0.25) is 0 Å². The number of benzene rings is 2. The van der Waals surface area contributed by atoms with Crippen molar-refractivity contribution in [3.05, 3.63) is 60.3 Å². The van der Waals surface area contributed by atoms with Gasteiger partial charge in [-0.15, -0.1) is 0 Å². The predicted molar refractivity (Wildman–Crippen MR) is 104 cm³/mol. The van der Waals surface area contributed by atoms with Crippen LogP contribution in [-0.2, 0) is 19.6 Å². The standard InChI is InChI=1S/C21H23N5/c1-4-10-21-17(7-1)15-18-16-24(13-14-25(18)21)11-5-6-12-26-22-19-8-2-3-9-20(19)23-26/h1-4,7-10,15H,5-6,11-14,16H2. The Hall–Kier alpha value is -2.66. The van der Waals surface area contributed by atoms with E-state index in [0.717, 1.165) is 50.2 Å². The lowest BCUT2D eigenvalue weighted by atomic mass is 10.2. The molecule has 0 unspecified atom stereocenters. The molecule has 2 aromatic heterocycles. The van der Waals surface area contributed by atoms with Crippen LogP contribution in [0.3, 0.4) is 0 Å². The molecule has 0 spiro atoms. The molecule has 0 saturated carbocycles. The number of aryl methyl sites for hydroxylation is 1. The number of aromatic nitrogens is 4. The molecule has 0 atom stereocenters. The smallest absolute Gasteiger partial charge is 0.113 e. The summed E-state index contributed by atoms with van der Waals surface area (Å²) < 4.78 is 2.48. The molecule has 26 heavy (non-hydrogen) atoms. The molecule has 0 aliphatic carbocycles. The van der Waals surface area contributed by atoms with Crippen molar-refractivity contribution in [3.63, 3.8) is 0 Å². The van der Waals surface area contributed by atoms with Crippen LogP contribution < -0.4 is 0 Å². The quantitative estimate of drug-likeness (QED) is 0.518. The molecule has 4 aromatic rings. The predicted octanol–water partition coefficient (Wildman–Crippen LogP) is 3.68. The van der Waals surface area contributed by atoms with Gasteiger partial charge < -0.3 is 4.57 Å². The van der Waals surface area contributed by atoms with E-state index in [0.29, 0.717) is 0 Å². The highest BCUT2D eigenvalue weighted by Crippen LogP contribution is 2.24. The van der Waals surface area contributed by atoms with E-state index in [4.69, 9.17) is 0 Å². The molecule has 132 valence electrons. The topological polar surface area (TPSA) is 38.9 Å². The van der Waals surface area contributed by atoms with Gasteiger partial charge in [-0.25, -0.2) is 0 Å². The summed E-state index contributed by atoms with van der Waals surface area (Å²) in [6.07, 6.45) is 2.29. The molecular weight excluding hydrogens is 322 g/mol. The molecule has 1 aliphatic rings. The monoisotopic (exact) mass is 345 g/mol. The summed E-state index contributed by atoms with van der Waals surface area (Å²) >= 11 is 0. The fourth-order valence-electron chi connectivity index (χ4n) is 4.00. The lowest BCUT2D eigenvalue weighted by Gasteiger charge is -2.28. The minimum atomic E-state index is 0.892. The SMILES string of the molecule is c1ccc2c(c1)cc1n2CCN(CCCCn2nc3ccccc3n2)C1. The van der Waals surface area contributed by atoms with Gasteiger partial charge in [0.1, 0.15) is 11.0 Å². The Morgan fingerprint density at radius 2 is 1.54 bits per heavy atom. The van der Waals surface area contributed by atoms with Crippen LogP contribution in [0.4, 0.5) is 0 Å². The molecule has 1 aliphatic heterocycles. The first kappa shape index (κ1) is 15.6. The zero-order valence-electron chi connectivity index (χ0n) is 14.9. The molecule has 0 N–H and O–H groups in total. The van der Waals surface area contributed by atoms with E-state index in [1.165, 1.54) is 23.0 Å². The Kier molecular flexibility index (Phi) is 3.94. The number of nitrogens with zero attached hydrogens (tertiary/aromatic N) is 5. The van der Waals surface area contributed by atoms with Crippen molar-refractivity contribution in [3.8, 4) is 0 Å². The van der Waals surface area contributed by atoms with Gasteiger partial charge >= 0.3 is 0 Å². The zero-order chi connectivity index (χ0) is 17.3. The van der Waals surface area contributed by atoms with Crippen molar-refractivity contribution in [2.75, 3.05) is 13.1 Å². The van der Waals surface area contributed by atoms with Crippen molar-refractivity contribution < 1.29 is 0 Å². The lowest BCUT2D eigenvalue weighted by molar-refractivity contribution is 0.217. The summed E-state index contributed by atoms with van der Waals surface area (Å²) in [5.41, 5.74) is 4.78. The van der Waals surface area contributed by atoms with E-state index in [9.17, 15) is 0 Å². The number of fused-ring (bicyclic) bond motifs is 4. The minimum Gasteiger partial charge on any atom is -0.342 e. The second kappa shape index (κ2) is 6.57. The number of hydrogen-bond donors (Lipinski definition) is 0. The van der Waals surface area contributed by atoms with Gasteiger partial charge in [-0.05, 0) is 49.0 Å². The van der Waals surface area contributed by atoms with E-state index < -0.39 is 0 Å². The largest absolute Gasteiger partial charge is 0.342 e. The Labute approximate surface area is 152 Å². The van der Waals surface area contributed by atoms with E-state index in [1.807, 2.05) is 29.1 Å². The number of unbranched alkanes of at least 4 members (excludes halogenated alkanes) is 1. The summed E-state index contributed by atoms with van der Waals surface area (Å²) in [5, 5.41) is 10.4. The Morgan fingerprint density at radius 1 is 0.808 bits per heavy atom. The van der Waals surface area contributed by atoms with Crippen LogP contribution in [0.5, 0.6) is 0 Å². The van der Waals surface area contributed by atoms with Crippen molar-refractivity contribution in [2.24, 2.45) is 0 Å². The van der Waals surface area contributed by atoms with Crippen LogP contribution >= 0.6 is 0 Å². The van der Waals surface area contributed by atoms with Crippen molar-refractivity contribution >= 4 is 21.9 Å². The third-order valence-corrected chi connectivity index (χ3v) is 5.33. The maximum Gasteiger partial charge on any atom is 0.113 e. The van der Waals surface area contributed by atoms with Crippen LogP contribution in [0.1, 0.15) is 18.5 Å². The second-order valence-electron chi connectivity index (χ2n) is 7.11. The van der Waals surface area contributed by atoms with E-state index in [2.05, 4.69) is 50.0 Å². The average Bonchev–Trinajstić information content (AvgIpc) is 3.25. The molecule has 5 nitrogen and oxygen atoms in total. The summed E-state index contributed by atoms with van der Waals surface area (Å²) in [7, 11) is 0. The summed E-state index contributed by atoms with van der Waals surface area (Å²) in [5.74, 6) is 0. The third-order valence-electron chi connectivity index (χ3n) is 5.33. The number of rotatable bonds is 5. The van der Waals surface area contributed by atoms with Crippen molar-refractivity contribution in [2.45, 2.75) is 32.5 Å². The summed E-state index contributed by atoms with van der Waals surface area (Å²) in [6.45, 7) is 5.31. The minimum absolute atomic E-state index is 0.892. The van der Waals surface area contributed by atoms with Crippen LogP contribution in [0.15, 0.2) is 54.6 Å². The molecule has 0 amide bonds. The van der Waals surface area contributed by atoms with Gasteiger partial charge in [-0.1, -0.05) is 30.3 Å². The summed E-state index contributed by atoms with van der Waals surface area (Å²) in [6, 6.07) is 19.1. The van der Waals surface area contributed by atoms with Gasteiger partial charge in [0.15, 0.2) is 0 Å². The van der Waals surface area contributed by atoms with Crippen LogP contribution in [-0.4, -0.2) is 37.6 Å². The normalized spacial score (nSPS) is 14.9. The molecule has 5 rings (SSSR count). The zero-order valence-corrected chi connectivity index (χ0v) is 14.9. The molecular formula is C21H23N5. The number of para-hydroxylation sites is 1. The molecule has 0 saturated heterocycles. The summed E-state index contributed by atoms with van der Waals surface area (Å²) in [4.78, 5) is 4.42. The Bertz CT molecular complexity index is 1010. The van der Waals surface area contributed by atoms with Gasteiger partial charge in [0.25, 0.3) is 0 Å². The van der Waals surface area contributed by atoms with Crippen molar-refractivity contribution in [1.29, 1.82) is 0 Å². The number of hydrogen-bond acceptors (Lipinski definition) is 3. The maximum absolute atomic E-state index is 4.54. The Morgan fingerprint density at radius 3 is 2.38 bits per heavy atom. The van der Waals surface area contributed by atoms with Crippen LogP contribution in [0.25, 0.3) is 21.9 Å². The maximum atomic E-state index is 4.54. The molecule has 0 radical (unpaired) electrons. The first-order valence-electron chi connectivity index (χ1n) is 9.46. The molecule has 3 heterocycles. The van der Waals surface area contributed by atoms with E-state index in [1.54, 1.807) is 0 Å². The highest BCUT2D eigenvalue weighted by Gasteiger charge is 2.17. The highest BCUT2D eigenvalue weighted by atomic mass is 15.5. The Balaban J connectivity index is 1.16. The lowest BCUT2D eigenvalue weighted by Crippen LogP contribution is -2.34. The fraction of sp³-hybridized carbons (Fsp3) is 0.333. The van der Waals surface area contributed by atoms with Gasteiger partial charge in [0.2, 0.25) is 0 Å². The van der Waals surface area contributed by atoms with Gasteiger partial charge in [0.05, 0.1) is 6.54 Å². The van der Waals surface area contributed by atoms with Crippen molar-refractivity contribution in [1.82, 2.24) is 24.5 Å².